The number of carbonyl (C=O) groups is 1. The summed E-state index contributed by atoms with van der Waals surface area (Å²) < 4.78 is 5.46. The predicted octanol–water partition coefficient (Wildman–Crippen LogP) is 6.79. The Labute approximate surface area is 203 Å². The van der Waals surface area contributed by atoms with E-state index in [1.54, 1.807) is 23.4 Å². The van der Waals surface area contributed by atoms with E-state index in [4.69, 9.17) is 4.42 Å². The number of rotatable bonds is 7. The third kappa shape index (κ3) is 6.33. The first-order valence-corrected chi connectivity index (χ1v) is 11.7. The molecule has 6 heteroatoms. The summed E-state index contributed by atoms with van der Waals surface area (Å²) in [4.78, 5) is 15.4. The number of nitrogens with zero attached hydrogens (tertiary/aromatic N) is 3. The molecule has 5 nitrogen and oxygen atoms in total. The van der Waals surface area contributed by atoms with Crippen LogP contribution in [0.4, 0.5) is 0 Å². The van der Waals surface area contributed by atoms with E-state index < -0.39 is 0 Å². The molecule has 1 fully saturated rings. The van der Waals surface area contributed by atoms with E-state index in [0.29, 0.717) is 22.4 Å². The zero-order chi connectivity index (χ0) is 23.8. The molecule has 0 spiro atoms. The van der Waals surface area contributed by atoms with Crippen LogP contribution in [0.5, 0.6) is 0 Å². The van der Waals surface area contributed by atoms with Gasteiger partial charge in [-0.1, -0.05) is 72.8 Å². The molecule has 0 aliphatic carbocycles. The topological polar surface area (TPSA) is 58.2 Å². The minimum Gasteiger partial charge on any atom is -0.467 e. The van der Waals surface area contributed by atoms with Crippen LogP contribution in [0.3, 0.4) is 0 Å². The zero-order valence-electron chi connectivity index (χ0n) is 19.1. The van der Waals surface area contributed by atoms with Crippen LogP contribution in [-0.4, -0.2) is 22.2 Å². The number of allylic oxidation sites excluding steroid dienone is 3. The number of hydrogen-bond acceptors (Lipinski definition) is 5. The standard InChI is InChI=1S/C28H25N3O2S/c1-21(16-23-10-5-3-6-11-23)18-26-27(32)31(20-25-14-9-15-33-25)28(34-26)30-29-19-22(2)17-24-12-7-4-8-13-24/h3-19H,20H2,1-2H3/b21-16+,22-17+,26-18-,29-19+,30-28-. The lowest BCUT2D eigenvalue weighted by atomic mass is 10.1. The van der Waals surface area contributed by atoms with E-state index in [1.807, 2.05) is 98.8 Å². The molecule has 2 aromatic carbocycles. The van der Waals surface area contributed by atoms with Gasteiger partial charge in [0.2, 0.25) is 0 Å². The van der Waals surface area contributed by atoms with Crippen LogP contribution in [0.25, 0.3) is 12.2 Å². The third-order valence-corrected chi connectivity index (χ3v) is 5.93. The van der Waals surface area contributed by atoms with Gasteiger partial charge in [0.05, 0.1) is 23.9 Å². The Morgan fingerprint density at radius 2 is 1.56 bits per heavy atom. The van der Waals surface area contributed by atoms with Gasteiger partial charge >= 0.3 is 0 Å². The Hall–Kier alpha value is -3.90. The Morgan fingerprint density at radius 1 is 0.912 bits per heavy atom. The molecule has 0 atom stereocenters. The summed E-state index contributed by atoms with van der Waals surface area (Å²) in [5.41, 5.74) is 4.11. The monoisotopic (exact) mass is 467 g/mol. The van der Waals surface area contributed by atoms with Gasteiger partial charge in [-0.2, -0.15) is 5.10 Å². The Balaban J connectivity index is 1.57. The van der Waals surface area contributed by atoms with E-state index in [9.17, 15) is 4.79 Å². The highest BCUT2D eigenvalue weighted by Gasteiger charge is 2.34. The Morgan fingerprint density at radius 3 is 2.18 bits per heavy atom. The van der Waals surface area contributed by atoms with Crippen molar-refractivity contribution < 1.29 is 9.21 Å². The van der Waals surface area contributed by atoms with E-state index in [0.717, 1.165) is 22.3 Å². The molecule has 1 saturated heterocycles. The van der Waals surface area contributed by atoms with Crippen LogP contribution in [0.2, 0.25) is 0 Å². The Bertz CT molecular complexity index is 1270. The molecule has 170 valence electrons. The maximum absolute atomic E-state index is 13.2. The summed E-state index contributed by atoms with van der Waals surface area (Å²) in [6, 6.07) is 23.7. The molecule has 34 heavy (non-hydrogen) atoms. The van der Waals surface area contributed by atoms with Crippen molar-refractivity contribution in [1.82, 2.24) is 4.90 Å². The molecule has 0 radical (unpaired) electrons. The lowest BCUT2D eigenvalue weighted by Crippen LogP contribution is -2.28. The van der Waals surface area contributed by atoms with E-state index in [1.165, 1.54) is 11.8 Å². The first kappa shape index (κ1) is 23.3. The summed E-state index contributed by atoms with van der Waals surface area (Å²) in [6.45, 7) is 4.24. The quantitative estimate of drug-likeness (QED) is 0.218. The van der Waals surface area contributed by atoms with E-state index >= 15 is 0 Å². The minimum absolute atomic E-state index is 0.118. The normalized spacial score (nSPS) is 17.5. The summed E-state index contributed by atoms with van der Waals surface area (Å²) in [6.07, 6.45) is 9.25. The largest absolute Gasteiger partial charge is 0.467 e. The smallest absolute Gasteiger partial charge is 0.267 e. The van der Waals surface area contributed by atoms with Crippen molar-refractivity contribution in [2.45, 2.75) is 20.4 Å². The van der Waals surface area contributed by atoms with Crippen LogP contribution < -0.4 is 0 Å². The second-order valence-electron chi connectivity index (χ2n) is 7.81. The molecule has 1 aliphatic heterocycles. The maximum Gasteiger partial charge on any atom is 0.267 e. The number of furan rings is 1. The first-order chi connectivity index (χ1) is 16.6. The molecule has 0 N–H and O–H groups in total. The average molecular weight is 468 g/mol. The summed E-state index contributed by atoms with van der Waals surface area (Å²) in [7, 11) is 0. The van der Waals surface area contributed by atoms with Crippen molar-refractivity contribution in [3.63, 3.8) is 0 Å². The van der Waals surface area contributed by atoms with Gasteiger partial charge in [0.1, 0.15) is 5.76 Å². The third-order valence-electron chi connectivity index (χ3n) is 4.93. The lowest BCUT2D eigenvalue weighted by Gasteiger charge is -2.12. The average Bonchev–Trinajstić information content (AvgIpc) is 3.45. The van der Waals surface area contributed by atoms with Gasteiger partial charge in [-0.3, -0.25) is 9.69 Å². The van der Waals surface area contributed by atoms with Crippen molar-refractivity contribution in [1.29, 1.82) is 0 Å². The highest BCUT2D eigenvalue weighted by atomic mass is 32.2. The fourth-order valence-electron chi connectivity index (χ4n) is 3.36. The van der Waals surface area contributed by atoms with Gasteiger partial charge in [-0.15, -0.1) is 5.10 Å². The fraction of sp³-hybridized carbons (Fsp3) is 0.107. The van der Waals surface area contributed by atoms with Gasteiger partial charge in [0, 0.05) is 0 Å². The molecule has 0 bridgehead atoms. The van der Waals surface area contributed by atoms with Gasteiger partial charge < -0.3 is 4.42 Å². The van der Waals surface area contributed by atoms with Crippen LogP contribution >= 0.6 is 11.8 Å². The number of carbonyl (C=O) groups excluding carboxylic acids is 1. The molecular formula is C28H25N3O2S. The van der Waals surface area contributed by atoms with Gasteiger partial charge in [-0.05, 0) is 66.1 Å². The first-order valence-electron chi connectivity index (χ1n) is 10.9. The highest BCUT2D eigenvalue weighted by Crippen LogP contribution is 2.33. The van der Waals surface area contributed by atoms with Crippen molar-refractivity contribution in [2.24, 2.45) is 10.2 Å². The van der Waals surface area contributed by atoms with Crippen LogP contribution in [0.15, 0.2) is 116 Å². The predicted molar refractivity (Wildman–Crippen MR) is 141 cm³/mol. The summed E-state index contributed by atoms with van der Waals surface area (Å²) in [5.74, 6) is 0.566. The molecular weight excluding hydrogens is 442 g/mol. The van der Waals surface area contributed by atoms with Crippen molar-refractivity contribution in [3.8, 4) is 0 Å². The molecule has 2 heterocycles. The Kier molecular flexibility index (Phi) is 7.73. The van der Waals surface area contributed by atoms with E-state index in [2.05, 4.69) is 10.2 Å². The van der Waals surface area contributed by atoms with Crippen LogP contribution in [0, 0.1) is 0 Å². The van der Waals surface area contributed by atoms with Crippen LogP contribution in [-0.2, 0) is 11.3 Å². The minimum atomic E-state index is -0.118. The maximum atomic E-state index is 13.2. The van der Waals surface area contributed by atoms with Crippen molar-refractivity contribution in [2.75, 3.05) is 0 Å². The van der Waals surface area contributed by atoms with Crippen molar-refractivity contribution in [3.05, 3.63) is 118 Å². The number of thioether (sulfide) groups is 1. The fourth-order valence-corrected chi connectivity index (χ4v) is 4.34. The van der Waals surface area contributed by atoms with Gasteiger partial charge in [-0.25, -0.2) is 0 Å². The number of amides is 1. The second-order valence-corrected chi connectivity index (χ2v) is 8.82. The molecule has 0 saturated carbocycles. The summed E-state index contributed by atoms with van der Waals surface area (Å²) in [5, 5.41) is 9.14. The van der Waals surface area contributed by atoms with Crippen molar-refractivity contribution >= 4 is 41.2 Å². The number of benzene rings is 2. The zero-order valence-corrected chi connectivity index (χ0v) is 19.9. The van der Waals surface area contributed by atoms with Crippen LogP contribution in [0.1, 0.15) is 30.7 Å². The molecule has 1 aliphatic rings. The summed E-state index contributed by atoms with van der Waals surface area (Å²) >= 11 is 1.32. The number of amidine groups is 1. The second kappa shape index (κ2) is 11.3. The molecule has 3 aromatic rings. The molecule has 0 unspecified atom stereocenters. The molecule has 4 rings (SSSR count). The molecule has 1 aromatic heterocycles. The van der Waals surface area contributed by atoms with E-state index in [-0.39, 0.29) is 5.91 Å². The highest BCUT2D eigenvalue weighted by molar-refractivity contribution is 8.18. The number of hydrogen-bond donors (Lipinski definition) is 0. The van der Waals surface area contributed by atoms with Gasteiger partial charge in [0.25, 0.3) is 5.91 Å². The molecule has 1 amide bonds. The lowest BCUT2D eigenvalue weighted by molar-refractivity contribution is -0.122. The van der Waals surface area contributed by atoms with Gasteiger partial charge in [0.15, 0.2) is 5.17 Å². The SMILES string of the molecule is CC(/C=C1\S\C(=N/N=C/C(C)=C/c2ccccc2)N(Cc2ccco2)C1=O)=C\c1ccccc1.